The summed E-state index contributed by atoms with van der Waals surface area (Å²) in [7, 11) is 0. The summed E-state index contributed by atoms with van der Waals surface area (Å²) in [6.45, 7) is 6.02. The molecule has 2 rings (SSSR count). The Labute approximate surface area is 107 Å². The van der Waals surface area contributed by atoms with Crippen LogP contribution < -0.4 is 0 Å². The van der Waals surface area contributed by atoms with E-state index in [2.05, 4.69) is 44.2 Å². The molecule has 1 nitrogen and oxygen atoms in total. The lowest BCUT2D eigenvalue weighted by atomic mass is 9.93. The van der Waals surface area contributed by atoms with Crippen molar-refractivity contribution < 1.29 is 5.11 Å². The van der Waals surface area contributed by atoms with Crippen molar-refractivity contribution in [3.63, 3.8) is 0 Å². The highest BCUT2D eigenvalue weighted by Gasteiger charge is 2.26. The molecule has 2 heteroatoms. The number of aliphatic hydroxyl groups is 1. The van der Waals surface area contributed by atoms with Gasteiger partial charge in [0.2, 0.25) is 0 Å². The molecular weight excluding hydrogens is 228 g/mol. The van der Waals surface area contributed by atoms with E-state index in [0.29, 0.717) is 6.42 Å². The molecule has 1 heterocycles. The second kappa shape index (κ2) is 4.63. The van der Waals surface area contributed by atoms with Gasteiger partial charge in [-0.1, -0.05) is 29.8 Å². The van der Waals surface area contributed by atoms with E-state index in [0.717, 1.165) is 4.88 Å². The van der Waals surface area contributed by atoms with Crippen LogP contribution in [0.25, 0.3) is 0 Å². The summed E-state index contributed by atoms with van der Waals surface area (Å²) >= 11 is 1.63. The van der Waals surface area contributed by atoms with Crippen LogP contribution in [0.4, 0.5) is 0 Å². The van der Waals surface area contributed by atoms with Crippen LogP contribution in [0.1, 0.15) is 28.5 Å². The lowest BCUT2D eigenvalue weighted by Crippen LogP contribution is -2.23. The van der Waals surface area contributed by atoms with Gasteiger partial charge in [0.25, 0.3) is 0 Å². The summed E-state index contributed by atoms with van der Waals surface area (Å²) in [6, 6.07) is 10.4. The Morgan fingerprint density at radius 3 is 2.29 bits per heavy atom. The minimum absolute atomic E-state index is 0.661. The lowest BCUT2D eigenvalue weighted by Gasteiger charge is -2.23. The van der Waals surface area contributed by atoms with Crippen molar-refractivity contribution >= 4 is 11.3 Å². The fourth-order valence-corrected chi connectivity index (χ4v) is 3.10. The highest BCUT2D eigenvalue weighted by atomic mass is 32.1. The van der Waals surface area contributed by atoms with Crippen LogP contribution >= 0.6 is 11.3 Å². The van der Waals surface area contributed by atoms with Crippen LogP contribution in [0, 0.1) is 13.8 Å². The average Bonchev–Trinajstić information content (AvgIpc) is 2.68. The third-order valence-electron chi connectivity index (χ3n) is 3.02. The Morgan fingerprint density at radius 1 is 1.12 bits per heavy atom. The van der Waals surface area contributed by atoms with Gasteiger partial charge in [-0.25, -0.2) is 0 Å². The van der Waals surface area contributed by atoms with E-state index in [1.165, 1.54) is 16.7 Å². The zero-order valence-electron chi connectivity index (χ0n) is 10.5. The SMILES string of the molecule is Cc1ccc(CC(C)(O)c2sccc2C)cc1. The lowest BCUT2D eigenvalue weighted by molar-refractivity contribution is 0.0609. The first-order chi connectivity index (χ1) is 7.99. The Bertz CT molecular complexity index is 494. The third-order valence-corrected chi connectivity index (χ3v) is 4.29. The van der Waals surface area contributed by atoms with E-state index >= 15 is 0 Å². The summed E-state index contributed by atoms with van der Waals surface area (Å²) in [4.78, 5) is 1.07. The number of thiophene rings is 1. The Kier molecular flexibility index (Phi) is 3.36. The second-order valence-corrected chi connectivity index (χ2v) is 5.79. The highest BCUT2D eigenvalue weighted by molar-refractivity contribution is 7.10. The van der Waals surface area contributed by atoms with Crippen molar-refractivity contribution in [2.75, 3.05) is 0 Å². The largest absolute Gasteiger partial charge is 0.384 e. The highest BCUT2D eigenvalue weighted by Crippen LogP contribution is 2.32. The third kappa shape index (κ3) is 2.76. The van der Waals surface area contributed by atoms with Crippen LogP contribution in [-0.4, -0.2) is 5.11 Å². The summed E-state index contributed by atoms with van der Waals surface area (Å²) in [5.41, 5.74) is 2.83. The van der Waals surface area contributed by atoms with Crippen molar-refractivity contribution in [1.82, 2.24) is 0 Å². The molecule has 0 fully saturated rings. The monoisotopic (exact) mass is 246 g/mol. The van der Waals surface area contributed by atoms with Gasteiger partial charge in [-0.15, -0.1) is 11.3 Å². The maximum absolute atomic E-state index is 10.6. The fraction of sp³-hybridized carbons (Fsp3) is 0.333. The van der Waals surface area contributed by atoms with Gasteiger partial charge in [0.1, 0.15) is 5.60 Å². The molecule has 0 aliphatic rings. The molecule has 90 valence electrons. The van der Waals surface area contributed by atoms with Crippen molar-refractivity contribution in [1.29, 1.82) is 0 Å². The van der Waals surface area contributed by atoms with E-state index in [4.69, 9.17) is 0 Å². The average molecular weight is 246 g/mol. The molecule has 1 atom stereocenters. The molecule has 0 radical (unpaired) electrons. The molecular formula is C15H18OS. The molecule has 17 heavy (non-hydrogen) atoms. The molecule has 0 bridgehead atoms. The maximum atomic E-state index is 10.6. The molecule has 1 unspecified atom stereocenters. The standard InChI is InChI=1S/C15H18OS/c1-11-4-6-13(7-5-11)10-15(3,16)14-12(2)8-9-17-14/h4-9,16H,10H2,1-3H3. The van der Waals surface area contributed by atoms with Gasteiger partial charge < -0.3 is 5.11 Å². The molecule has 0 saturated heterocycles. The van der Waals surface area contributed by atoms with E-state index in [1.54, 1.807) is 11.3 Å². The van der Waals surface area contributed by atoms with Crippen molar-refractivity contribution in [2.45, 2.75) is 32.8 Å². The summed E-state index contributed by atoms with van der Waals surface area (Å²) in [5.74, 6) is 0. The predicted octanol–water partition coefficient (Wildman–Crippen LogP) is 3.82. The molecule has 1 aromatic heterocycles. The first-order valence-corrected chi connectivity index (χ1v) is 6.69. The van der Waals surface area contributed by atoms with Crippen LogP contribution in [0.5, 0.6) is 0 Å². The quantitative estimate of drug-likeness (QED) is 0.873. The zero-order valence-corrected chi connectivity index (χ0v) is 11.3. The Morgan fingerprint density at radius 2 is 1.76 bits per heavy atom. The van der Waals surface area contributed by atoms with E-state index in [1.807, 2.05) is 12.3 Å². The van der Waals surface area contributed by atoms with Crippen molar-refractivity contribution in [3.8, 4) is 0 Å². The Balaban J connectivity index is 2.23. The van der Waals surface area contributed by atoms with Gasteiger partial charge >= 0.3 is 0 Å². The topological polar surface area (TPSA) is 20.2 Å². The van der Waals surface area contributed by atoms with Crippen LogP contribution in [0.3, 0.4) is 0 Å². The molecule has 0 amide bonds. The van der Waals surface area contributed by atoms with Crippen LogP contribution in [-0.2, 0) is 12.0 Å². The van der Waals surface area contributed by atoms with E-state index in [-0.39, 0.29) is 0 Å². The summed E-state index contributed by atoms with van der Waals surface area (Å²) in [5, 5.41) is 12.6. The number of hydrogen-bond acceptors (Lipinski definition) is 2. The van der Waals surface area contributed by atoms with Crippen molar-refractivity contribution in [3.05, 3.63) is 57.3 Å². The first-order valence-electron chi connectivity index (χ1n) is 5.81. The Hall–Kier alpha value is -1.12. The molecule has 2 aromatic rings. The maximum Gasteiger partial charge on any atom is 0.100 e. The van der Waals surface area contributed by atoms with E-state index in [9.17, 15) is 5.11 Å². The molecule has 1 aromatic carbocycles. The molecule has 0 spiro atoms. The normalized spacial score (nSPS) is 14.6. The summed E-state index contributed by atoms with van der Waals surface area (Å²) < 4.78 is 0. The van der Waals surface area contributed by atoms with E-state index < -0.39 is 5.60 Å². The minimum atomic E-state index is -0.770. The van der Waals surface area contributed by atoms with Crippen LogP contribution in [0.15, 0.2) is 35.7 Å². The molecule has 1 N–H and O–H groups in total. The first kappa shape index (κ1) is 12.3. The molecule has 0 saturated carbocycles. The van der Waals surface area contributed by atoms with Crippen LogP contribution in [0.2, 0.25) is 0 Å². The van der Waals surface area contributed by atoms with Crippen molar-refractivity contribution in [2.24, 2.45) is 0 Å². The molecule has 0 aliphatic heterocycles. The van der Waals surface area contributed by atoms with Gasteiger partial charge in [-0.2, -0.15) is 0 Å². The number of benzene rings is 1. The van der Waals surface area contributed by atoms with Gasteiger partial charge in [0.05, 0.1) is 0 Å². The predicted molar refractivity (Wildman–Crippen MR) is 73.5 cm³/mol. The number of rotatable bonds is 3. The minimum Gasteiger partial charge on any atom is -0.384 e. The summed E-state index contributed by atoms with van der Waals surface area (Å²) in [6.07, 6.45) is 0.661. The van der Waals surface area contributed by atoms with Gasteiger partial charge in [-0.05, 0) is 43.3 Å². The smallest absolute Gasteiger partial charge is 0.100 e. The second-order valence-electron chi connectivity index (χ2n) is 4.87. The fourth-order valence-electron chi connectivity index (χ4n) is 2.11. The van der Waals surface area contributed by atoms with Gasteiger partial charge in [0.15, 0.2) is 0 Å². The zero-order chi connectivity index (χ0) is 12.5. The van der Waals surface area contributed by atoms with Gasteiger partial charge in [-0.3, -0.25) is 0 Å². The van der Waals surface area contributed by atoms with Gasteiger partial charge in [0, 0.05) is 11.3 Å². The number of hydrogen-bond donors (Lipinski definition) is 1. The number of aryl methyl sites for hydroxylation is 2. The molecule has 0 aliphatic carbocycles.